The van der Waals surface area contributed by atoms with Gasteiger partial charge in [0.05, 0.1) is 0 Å². The van der Waals surface area contributed by atoms with Crippen molar-refractivity contribution < 1.29 is 0 Å². The van der Waals surface area contributed by atoms with Crippen LogP contribution in [0.2, 0.25) is 5.02 Å². The highest BCUT2D eigenvalue weighted by Crippen LogP contribution is 2.16. The molecule has 0 aliphatic rings. The normalized spacial score (nSPS) is 12.5. The van der Waals surface area contributed by atoms with Crippen molar-refractivity contribution in [3.8, 4) is 0 Å². The average molecular weight is 266 g/mol. The summed E-state index contributed by atoms with van der Waals surface area (Å²) in [5.41, 5.74) is 2.65. The summed E-state index contributed by atoms with van der Waals surface area (Å²) < 4.78 is 0. The van der Waals surface area contributed by atoms with Gasteiger partial charge in [-0.15, -0.1) is 0 Å². The van der Waals surface area contributed by atoms with E-state index < -0.39 is 0 Å². The molecule has 0 radical (unpaired) electrons. The quantitative estimate of drug-likeness (QED) is 0.791. The lowest BCUT2D eigenvalue weighted by Gasteiger charge is -2.14. The van der Waals surface area contributed by atoms with E-state index in [4.69, 9.17) is 11.6 Å². The fourth-order valence-corrected chi connectivity index (χ4v) is 1.83. The molecular formula is C16H24ClN. The van der Waals surface area contributed by atoms with Crippen LogP contribution >= 0.6 is 11.6 Å². The van der Waals surface area contributed by atoms with Crippen LogP contribution in [0.25, 0.3) is 6.08 Å². The standard InChI is InChI=1S/C16H24ClN/c1-12(2)10-18-11-15(13(3)4)9-14-5-7-16(17)8-6-14/h5-9,12-13,18H,10-11H2,1-4H3. The van der Waals surface area contributed by atoms with Gasteiger partial charge in [0, 0.05) is 11.6 Å². The lowest BCUT2D eigenvalue weighted by Crippen LogP contribution is -2.23. The Labute approximate surface area is 116 Å². The molecule has 0 aliphatic carbocycles. The predicted molar refractivity (Wildman–Crippen MR) is 82.0 cm³/mol. The van der Waals surface area contributed by atoms with Crippen molar-refractivity contribution in [2.45, 2.75) is 27.7 Å². The van der Waals surface area contributed by atoms with E-state index in [2.05, 4.69) is 51.2 Å². The molecule has 18 heavy (non-hydrogen) atoms. The predicted octanol–water partition coefficient (Wildman–Crippen LogP) is 4.63. The van der Waals surface area contributed by atoms with E-state index in [1.807, 2.05) is 12.1 Å². The molecule has 0 amide bonds. The molecule has 0 saturated heterocycles. The zero-order valence-electron chi connectivity index (χ0n) is 11.8. The minimum atomic E-state index is 0.556. The molecule has 1 aromatic rings. The van der Waals surface area contributed by atoms with Crippen LogP contribution in [0.4, 0.5) is 0 Å². The summed E-state index contributed by atoms with van der Waals surface area (Å²) in [7, 11) is 0. The first kappa shape index (κ1) is 15.3. The first-order valence-corrected chi connectivity index (χ1v) is 7.03. The first-order chi connectivity index (χ1) is 8.49. The monoisotopic (exact) mass is 265 g/mol. The summed E-state index contributed by atoms with van der Waals surface area (Å²) in [6.07, 6.45) is 2.26. The van der Waals surface area contributed by atoms with Gasteiger partial charge in [-0.2, -0.15) is 0 Å². The van der Waals surface area contributed by atoms with Crippen molar-refractivity contribution in [3.05, 3.63) is 40.4 Å². The Hall–Kier alpha value is -0.790. The summed E-state index contributed by atoms with van der Waals surface area (Å²) in [6, 6.07) is 8.00. The summed E-state index contributed by atoms with van der Waals surface area (Å²) >= 11 is 5.90. The van der Waals surface area contributed by atoms with Gasteiger partial charge in [-0.25, -0.2) is 0 Å². The lowest BCUT2D eigenvalue weighted by molar-refractivity contribution is 0.558. The maximum Gasteiger partial charge on any atom is 0.0406 e. The van der Waals surface area contributed by atoms with Crippen molar-refractivity contribution in [3.63, 3.8) is 0 Å². The minimum Gasteiger partial charge on any atom is -0.313 e. The molecule has 1 rings (SSSR count). The Balaban J connectivity index is 2.68. The highest BCUT2D eigenvalue weighted by atomic mass is 35.5. The van der Waals surface area contributed by atoms with Crippen molar-refractivity contribution >= 4 is 17.7 Å². The number of nitrogens with one attached hydrogen (secondary N) is 1. The van der Waals surface area contributed by atoms with Gasteiger partial charge < -0.3 is 5.32 Å². The fourth-order valence-electron chi connectivity index (χ4n) is 1.70. The van der Waals surface area contributed by atoms with Gasteiger partial charge in [0.2, 0.25) is 0 Å². The minimum absolute atomic E-state index is 0.556. The molecule has 0 atom stereocenters. The second kappa shape index (κ2) is 7.60. The van der Waals surface area contributed by atoms with E-state index in [9.17, 15) is 0 Å². The molecule has 100 valence electrons. The van der Waals surface area contributed by atoms with Crippen molar-refractivity contribution in [1.29, 1.82) is 0 Å². The molecular weight excluding hydrogens is 242 g/mol. The molecule has 0 aliphatic heterocycles. The summed E-state index contributed by atoms with van der Waals surface area (Å²) in [4.78, 5) is 0. The van der Waals surface area contributed by atoms with Gasteiger partial charge in [-0.05, 0) is 36.1 Å². The number of hydrogen-bond acceptors (Lipinski definition) is 1. The molecule has 1 nitrogen and oxygen atoms in total. The Kier molecular flexibility index (Phi) is 6.45. The van der Waals surface area contributed by atoms with Gasteiger partial charge in [0.1, 0.15) is 0 Å². The Bertz CT molecular complexity index is 377. The molecule has 0 spiro atoms. The number of benzene rings is 1. The molecule has 1 aromatic carbocycles. The topological polar surface area (TPSA) is 12.0 Å². The molecule has 0 unspecified atom stereocenters. The zero-order valence-corrected chi connectivity index (χ0v) is 12.6. The molecule has 0 aromatic heterocycles. The molecule has 0 heterocycles. The van der Waals surface area contributed by atoms with Crippen LogP contribution in [0.5, 0.6) is 0 Å². The fraction of sp³-hybridized carbons (Fsp3) is 0.500. The zero-order chi connectivity index (χ0) is 13.5. The summed E-state index contributed by atoms with van der Waals surface area (Å²) in [6.45, 7) is 10.9. The van der Waals surface area contributed by atoms with Crippen LogP contribution in [0.15, 0.2) is 29.8 Å². The average Bonchev–Trinajstić information content (AvgIpc) is 2.30. The molecule has 0 saturated carbocycles. The van der Waals surface area contributed by atoms with E-state index in [0.29, 0.717) is 11.8 Å². The maximum atomic E-state index is 5.90. The van der Waals surface area contributed by atoms with E-state index >= 15 is 0 Å². The van der Waals surface area contributed by atoms with Gasteiger partial charge >= 0.3 is 0 Å². The van der Waals surface area contributed by atoms with Crippen LogP contribution in [0, 0.1) is 11.8 Å². The third-order valence-corrected chi connectivity index (χ3v) is 3.10. The third kappa shape index (κ3) is 5.70. The van der Waals surface area contributed by atoms with E-state index in [1.165, 1.54) is 11.1 Å². The molecule has 1 N–H and O–H groups in total. The van der Waals surface area contributed by atoms with E-state index in [0.717, 1.165) is 18.1 Å². The van der Waals surface area contributed by atoms with Crippen LogP contribution in [0.3, 0.4) is 0 Å². The Morgan fingerprint density at radius 1 is 1.17 bits per heavy atom. The highest BCUT2D eigenvalue weighted by Gasteiger charge is 2.04. The number of hydrogen-bond donors (Lipinski definition) is 1. The Morgan fingerprint density at radius 3 is 2.28 bits per heavy atom. The SMILES string of the molecule is CC(C)CNCC(=Cc1ccc(Cl)cc1)C(C)C. The van der Waals surface area contributed by atoms with E-state index in [1.54, 1.807) is 0 Å². The first-order valence-electron chi connectivity index (χ1n) is 6.65. The van der Waals surface area contributed by atoms with Crippen molar-refractivity contribution in [2.75, 3.05) is 13.1 Å². The van der Waals surface area contributed by atoms with Crippen LogP contribution in [0.1, 0.15) is 33.3 Å². The second-order valence-corrected chi connectivity index (χ2v) is 5.89. The maximum absolute atomic E-state index is 5.90. The van der Waals surface area contributed by atoms with Crippen molar-refractivity contribution in [2.24, 2.45) is 11.8 Å². The number of rotatable bonds is 6. The highest BCUT2D eigenvalue weighted by molar-refractivity contribution is 6.30. The van der Waals surface area contributed by atoms with Crippen LogP contribution in [-0.2, 0) is 0 Å². The molecule has 0 bridgehead atoms. The summed E-state index contributed by atoms with van der Waals surface area (Å²) in [5.74, 6) is 1.24. The largest absolute Gasteiger partial charge is 0.313 e. The number of halogens is 1. The van der Waals surface area contributed by atoms with Gasteiger partial charge in [0.25, 0.3) is 0 Å². The Morgan fingerprint density at radius 2 is 1.78 bits per heavy atom. The molecule has 2 heteroatoms. The molecule has 0 fully saturated rings. The third-order valence-electron chi connectivity index (χ3n) is 2.85. The van der Waals surface area contributed by atoms with Gasteiger partial charge in [0.15, 0.2) is 0 Å². The van der Waals surface area contributed by atoms with Gasteiger partial charge in [-0.3, -0.25) is 0 Å². The van der Waals surface area contributed by atoms with Gasteiger partial charge in [-0.1, -0.05) is 63.1 Å². The van der Waals surface area contributed by atoms with E-state index in [-0.39, 0.29) is 0 Å². The van der Waals surface area contributed by atoms with Crippen molar-refractivity contribution in [1.82, 2.24) is 5.32 Å². The van der Waals surface area contributed by atoms with Crippen LogP contribution < -0.4 is 5.32 Å². The summed E-state index contributed by atoms with van der Waals surface area (Å²) in [5, 5.41) is 4.29. The lowest BCUT2D eigenvalue weighted by atomic mass is 10.00. The second-order valence-electron chi connectivity index (χ2n) is 5.45. The van der Waals surface area contributed by atoms with Crippen LogP contribution in [-0.4, -0.2) is 13.1 Å². The smallest absolute Gasteiger partial charge is 0.0406 e.